The minimum absolute atomic E-state index is 0.349. The van der Waals surface area contributed by atoms with Gasteiger partial charge in [-0.2, -0.15) is 0 Å². The van der Waals surface area contributed by atoms with Crippen molar-refractivity contribution >= 4 is 27.6 Å². The van der Waals surface area contributed by atoms with Crippen LogP contribution in [0.1, 0.15) is 42.5 Å². The summed E-state index contributed by atoms with van der Waals surface area (Å²) in [7, 11) is 1.41. The van der Waals surface area contributed by atoms with Gasteiger partial charge in [-0.05, 0) is 46.0 Å². The molecule has 0 amide bonds. The lowest BCUT2D eigenvalue weighted by Gasteiger charge is -2.23. The quantitative estimate of drug-likeness (QED) is 0.285. The molecule has 4 rings (SSSR count). The maximum atomic E-state index is 12.8. The molecule has 0 spiro atoms. The van der Waals surface area contributed by atoms with Crippen molar-refractivity contribution in [3.8, 4) is 5.75 Å². The average molecular weight is 508 g/mol. The summed E-state index contributed by atoms with van der Waals surface area (Å²) < 4.78 is 12.0. The van der Waals surface area contributed by atoms with Gasteiger partial charge in [0.15, 0.2) is 6.04 Å². The second-order valence-corrected chi connectivity index (χ2v) is 8.27. The standard InChI is InChI=1S/C26H24BrNO3.C2H6/c1-30-26(29)23(17-20-14-15-22(27)25-21(20)13-8-16-31-25)28-24(18-9-4-2-5-10-18)19-11-6-3-7-12-19;1-2/h2-7,9-12,14-15,23H,8,13,16-17H2,1H3;1-2H3. The molecule has 0 aromatic heterocycles. The Hall–Kier alpha value is -2.92. The molecule has 3 aromatic carbocycles. The Kier molecular flexibility index (Phi) is 9.25. The Morgan fingerprint density at radius 2 is 1.61 bits per heavy atom. The number of nitrogens with zero attached hydrogens (tertiary/aromatic N) is 1. The third-order valence-corrected chi connectivity index (χ3v) is 6.02. The van der Waals surface area contributed by atoms with Gasteiger partial charge in [0.2, 0.25) is 0 Å². The Morgan fingerprint density at radius 1 is 1.00 bits per heavy atom. The van der Waals surface area contributed by atoms with Crippen molar-refractivity contribution in [2.24, 2.45) is 4.99 Å². The Morgan fingerprint density at radius 3 is 2.18 bits per heavy atom. The number of ether oxygens (including phenoxy) is 2. The summed E-state index contributed by atoms with van der Waals surface area (Å²) in [4.78, 5) is 17.7. The highest BCUT2D eigenvalue weighted by Gasteiger charge is 2.25. The lowest BCUT2D eigenvalue weighted by Crippen LogP contribution is -2.26. The van der Waals surface area contributed by atoms with E-state index in [1.165, 1.54) is 7.11 Å². The average Bonchev–Trinajstić information content (AvgIpc) is 2.89. The lowest BCUT2D eigenvalue weighted by atomic mass is 9.94. The predicted octanol–water partition coefficient (Wildman–Crippen LogP) is 6.42. The summed E-state index contributed by atoms with van der Waals surface area (Å²) in [5.41, 5.74) is 4.91. The van der Waals surface area contributed by atoms with E-state index in [0.717, 1.165) is 51.0 Å². The number of rotatable bonds is 6. The smallest absolute Gasteiger partial charge is 0.330 e. The number of aliphatic imine (C=N–C) groups is 1. The summed E-state index contributed by atoms with van der Waals surface area (Å²) in [5.74, 6) is 0.528. The third-order valence-electron chi connectivity index (χ3n) is 5.39. The molecule has 0 aliphatic carbocycles. The van der Waals surface area contributed by atoms with Crippen molar-refractivity contribution in [3.05, 3.63) is 99.5 Å². The van der Waals surface area contributed by atoms with Crippen molar-refractivity contribution in [1.29, 1.82) is 0 Å². The summed E-state index contributed by atoms with van der Waals surface area (Å²) in [6.07, 6.45) is 2.34. The van der Waals surface area contributed by atoms with Crippen LogP contribution >= 0.6 is 15.9 Å². The van der Waals surface area contributed by atoms with Crippen LogP contribution in [0.5, 0.6) is 5.75 Å². The number of hydrogen-bond acceptors (Lipinski definition) is 4. The minimum Gasteiger partial charge on any atom is -0.492 e. The van der Waals surface area contributed by atoms with Crippen LogP contribution in [0.4, 0.5) is 0 Å². The van der Waals surface area contributed by atoms with E-state index in [0.29, 0.717) is 13.0 Å². The number of carbonyl (C=O) groups excluding carboxylic acids is 1. The third kappa shape index (κ3) is 6.11. The maximum absolute atomic E-state index is 12.8. The molecule has 33 heavy (non-hydrogen) atoms. The highest BCUT2D eigenvalue weighted by Crippen LogP contribution is 2.36. The van der Waals surface area contributed by atoms with Gasteiger partial charge in [0.05, 0.1) is 23.9 Å². The number of hydrogen-bond donors (Lipinski definition) is 0. The molecule has 1 heterocycles. The predicted molar refractivity (Wildman–Crippen MR) is 137 cm³/mol. The normalized spacial score (nSPS) is 12.8. The molecular weight excluding hydrogens is 478 g/mol. The van der Waals surface area contributed by atoms with Crippen LogP contribution in [0.3, 0.4) is 0 Å². The zero-order valence-corrected chi connectivity index (χ0v) is 21.0. The first-order valence-corrected chi connectivity index (χ1v) is 12.2. The van der Waals surface area contributed by atoms with E-state index < -0.39 is 6.04 Å². The van der Waals surface area contributed by atoms with Crippen LogP contribution in [0.2, 0.25) is 0 Å². The summed E-state index contributed by atoms with van der Waals surface area (Å²) in [6, 6.07) is 23.2. The molecule has 0 saturated heterocycles. The van der Waals surface area contributed by atoms with Crippen molar-refractivity contribution in [3.63, 3.8) is 0 Å². The molecule has 172 valence electrons. The lowest BCUT2D eigenvalue weighted by molar-refractivity contribution is -0.142. The van der Waals surface area contributed by atoms with Crippen LogP contribution in [0, 0.1) is 0 Å². The SMILES string of the molecule is CC.COC(=O)C(Cc1ccc(Br)c2c1CCCO2)N=C(c1ccccc1)c1ccccc1. The molecule has 0 radical (unpaired) electrons. The molecular formula is C28H30BrNO3. The van der Waals surface area contributed by atoms with E-state index in [1.807, 2.05) is 86.6 Å². The summed E-state index contributed by atoms with van der Waals surface area (Å²) in [6.45, 7) is 4.71. The first kappa shape index (κ1) is 24.7. The van der Waals surface area contributed by atoms with Crippen LogP contribution < -0.4 is 4.74 Å². The number of benzene rings is 3. The zero-order valence-electron chi connectivity index (χ0n) is 19.4. The number of carbonyl (C=O) groups is 1. The van der Waals surface area contributed by atoms with Crippen LogP contribution in [-0.4, -0.2) is 31.4 Å². The minimum atomic E-state index is -0.660. The number of fused-ring (bicyclic) bond motifs is 1. The zero-order chi connectivity index (χ0) is 23.6. The van der Waals surface area contributed by atoms with E-state index in [2.05, 4.69) is 15.9 Å². The van der Waals surface area contributed by atoms with Gasteiger partial charge in [-0.25, -0.2) is 4.79 Å². The van der Waals surface area contributed by atoms with Gasteiger partial charge < -0.3 is 9.47 Å². The van der Waals surface area contributed by atoms with Gasteiger partial charge in [0, 0.05) is 17.5 Å². The van der Waals surface area contributed by atoms with Gasteiger partial charge in [-0.1, -0.05) is 80.6 Å². The number of methoxy groups -OCH3 is 1. The summed E-state index contributed by atoms with van der Waals surface area (Å²) >= 11 is 3.58. The van der Waals surface area contributed by atoms with E-state index in [1.54, 1.807) is 0 Å². The molecule has 5 heteroatoms. The molecule has 3 aromatic rings. The van der Waals surface area contributed by atoms with Crippen molar-refractivity contribution in [2.45, 2.75) is 39.2 Å². The first-order chi connectivity index (χ1) is 16.2. The topological polar surface area (TPSA) is 47.9 Å². The highest BCUT2D eigenvalue weighted by molar-refractivity contribution is 9.10. The molecule has 0 saturated carbocycles. The fourth-order valence-electron chi connectivity index (χ4n) is 3.87. The maximum Gasteiger partial charge on any atom is 0.330 e. The van der Waals surface area contributed by atoms with Gasteiger partial charge in [0.25, 0.3) is 0 Å². The van der Waals surface area contributed by atoms with Crippen molar-refractivity contribution < 1.29 is 14.3 Å². The van der Waals surface area contributed by atoms with Crippen LogP contribution in [0.15, 0.2) is 82.3 Å². The van der Waals surface area contributed by atoms with Crippen LogP contribution in [0.25, 0.3) is 0 Å². The Balaban J connectivity index is 0.00000149. The highest BCUT2D eigenvalue weighted by atomic mass is 79.9. The summed E-state index contributed by atoms with van der Waals surface area (Å²) in [5, 5.41) is 0. The van der Waals surface area contributed by atoms with Gasteiger partial charge >= 0.3 is 5.97 Å². The first-order valence-electron chi connectivity index (χ1n) is 11.4. The van der Waals surface area contributed by atoms with Crippen LogP contribution in [-0.2, 0) is 22.4 Å². The molecule has 1 aliphatic heterocycles. The fourth-order valence-corrected chi connectivity index (χ4v) is 4.36. The van der Waals surface area contributed by atoms with Gasteiger partial charge in [0.1, 0.15) is 5.75 Å². The van der Waals surface area contributed by atoms with Crippen molar-refractivity contribution in [1.82, 2.24) is 0 Å². The second-order valence-electron chi connectivity index (χ2n) is 7.42. The Labute approximate surface area is 204 Å². The molecule has 1 unspecified atom stereocenters. The fraction of sp³-hybridized carbons (Fsp3) is 0.286. The number of esters is 1. The molecule has 4 nitrogen and oxygen atoms in total. The van der Waals surface area contributed by atoms with E-state index >= 15 is 0 Å². The van der Waals surface area contributed by atoms with Crippen molar-refractivity contribution in [2.75, 3.05) is 13.7 Å². The van der Waals surface area contributed by atoms with Gasteiger partial charge in [-0.15, -0.1) is 0 Å². The van der Waals surface area contributed by atoms with E-state index in [9.17, 15) is 4.79 Å². The Bertz CT molecular complexity index is 1040. The van der Waals surface area contributed by atoms with E-state index in [4.69, 9.17) is 14.5 Å². The monoisotopic (exact) mass is 507 g/mol. The molecule has 0 N–H and O–H groups in total. The molecule has 1 atom stereocenters. The number of halogens is 1. The molecule has 0 fully saturated rings. The van der Waals surface area contributed by atoms with Gasteiger partial charge in [-0.3, -0.25) is 4.99 Å². The molecule has 1 aliphatic rings. The van der Waals surface area contributed by atoms with E-state index in [-0.39, 0.29) is 5.97 Å². The second kappa shape index (κ2) is 12.4. The molecule has 0 bridgehead atoms. The largest absolute Gasteiger partial charge is 0.492 e.